The third-order valence-electron chi connectivity index (χ3n) is 10.4. The number of fused-ring (bicyclic) bond motifs is 1. The monoisotopic (exact) mass is 558 g/mol. The van der Waals surface area contributed by atoms with E-state index in [0.717, 1.165) is 0 Å². The van der Waals surface area contributed by atoms with Gasteiger partial charge in [0.15, 0.2) is 23.9 Å². The molecule has 12 heteroatoms. The van der Waals surface area contributed by atoms with Crippen molar-refractivity contribution in [1.29, 1.82) is 0 Å². The molecule has 3 N–H and O–H groups in total. The molecule has 40 heavy (non-hydrogen) atoms. The summed E-state index contributed by atoms with van der Waals surface area (Å²) >= 11 is 0. The van der Waals surface area contributed by atoms with Crippen LogP contribution in [0.4, 0.5) is 0 Å². The molecule has 1 aromatic rings. The molecular formula is C28H30O12. The van der Waals surface area contributed by atoms with Gasteiger partial charge in [-0.3, -0.25) is 9.59 Å². The van der Waals surface area contributed by atoms with E-state index >= 15 is 0 Å². The predicted molar refractivity (Wildman–Crippen MR) is 127 cm³/mol. The number of carbonyl (C=O) groups excluding carboxylic acids is 4. The Kier molecular flexibility index (Phi) is 4.79. The van der Waals surface area contributed by atoms with E-state index in [9.17, 15) is 34.5 Å². The summed E-state index contributed by atoms with van der Waals surface area (Å²) < 4.78 is 29.1. The highest BCUT2D eigenvalue weighted by Crippen LogP contribution is 2.84. The van der Waals surface area contributed by atoms with Crippen LogP contribution in [0.25, 0.3) is 0 Å². The van der Waals surface area contributed by atoms with Crippen molar-refractivity contribution in [2.75, 3.05) is 0 Å². The van der Waals surface area contributed by atoms with Crippen LogP contribution in [-0.4, -0.2) is 87.2 Å². The lowest BCUT2D eigenvalue weighted by molar-refractivity contribution is -0.240. The van der Waals surface area contributed by atoms with E-state index in [2.05, 4.69) is 0 Å². The van der Waals surface area contributed by atoms with Gasteiger partial charge in [0.25, 0.3) is 0 Å². The number of aliphatic hydroxyl groups is 3. The highest BCUT2D eigenvalue weighted by molar-refractivity contribution is 5.94. The van der Waals surface area contributed by atoms with Gasteiger partial charge in [-0.05, 0) is 17.9 Å². The zero-order chi connectivity index (χ0) is 28.8. The summed E-state index contributed by atoms with van der Waals surface area (Å²) in [5, 5.41) is 35.9. The first-order chi connectivity index (χ1) is 18.7. The van der Waals surface area contributed by atoms with Crippen molar-refractivity contribution >= 4 is 23.9 Å². The van der Waals surface area contributed by atoms with Gasteiger partial charge in [-0.1, -0.05) is 51.1 Å². The van der Waals surface area contributed by atoms with Crippen molar-refractivity contribution < 1.29 is 58.2 Å². The normalized spacial score (nSPS) is 49.6. The van der Waals surface area contributed by atoms with E-state index < -0.39 is 100.0 Å². The van der Waals surface area contributed by atoms with E-state index in [1.165, 1.54) is 6.92 Å². The number of benzene rings is 1. The number of hydrogen-bond acceptors (Lipinski definition) is 12. The molecular weight excluding hydrogens is 528 g/mol. The number of hydrogen-bond donors (Lipinski definition) is 3. The number of aliphatic hydroxyl groups excluding tert-OH is 2. The van der Waals surface area contributed by atoms with Gasteiger partial charge in [0.05, 0.1) is 23.2 Å². The Morgan fingerprint density at radius 3 is 2.33 bits per heavy atom. The standard InChI is InChI=1S/C28H30O12/c1-11-20(32)37-19-16(30)26-18-14(36-13(29)10-12-8-6-5-7-9-12)15(24(2,3)4)25(26)17(31)21(33)39-23(25)40-28(26,22(34)38-18)27(11,19)35/h5-9,11,14-19,23,30-31,35H,10H2,1-4H3/t11?,14-,15?,16?,17-,18?,19-,23?,25?,26?,27+,28-/m0/s1. The van der Waals surface area contributed by atoms with Gasteiger partial charge >= 0.3 is 23.9 Å². The van der Waals surface area contributed by atoms with Crippen LogP contribution in [0.2, 0.25) is 0 Å². The smallest absolute Gasteiger partial charge is 0.343 e. The SMILES string of the molecule is CC1C(=O)O[C@H]2C(O)C34C5OC(=O)[C@@]3(OC3OC(=O)[C@H](O)C34C(C(C)(C)C)[C@@H]5OC(=O)Cc3ccccc3)[C@@]12O. The molecule has 4 saturated heterocycles. The first-order valence-corrected chi connectivity index (χ1v) is 13.3. The van der Waals surface area contributed by atoms with Gasteiger partial charge < -0.3 is 39.0 Å². The van der Waals surface area contributed by atoms with Gasteiger partial charge in [-0.15, -0.1) is 0 Å². The molecule has 6 aliphatic rings. The van der Waals surface area contributed by atoms with Crippen LogP contribution in [0.3, 0.4) is 0 Å². The van der Waals surface area contributed by atoms with Gasteiger partial charge in [-0.2, -0.15) is 0 Å². The molecule has 7 unspecified atom stereocenters. The molecule has 12 nitrogen and oxygen atoms in total. The highest BCUT2D eigenvalue weighted by Gasteiger charge is 3.05. The Morgan fingerprint density at radius 2 is 1.68 bits per heavy atom. The molecule has 0 radical (unpaired) electrons. The Morgan fingerprint density at radius 1 is 1.00 bits per heavy atom. The zero-order valence-corrected chi connectivity index (χ0v) is 22.2. The second kappa shape index (κ2) is 7.41. The van der Waals surface area contributed by atoms with Gasteiger partial charge in [0.2, 0.25) is 11.9 Å². The molecule has 2 aliphatic carbocycles. The maximum Gasteiger partial charge on any atom is 0.343 e. The molecule has 0 bridgehead atoms. The van der Waals surface area contributed by atoms with Gasteiger partial charge in [0, 0.05) is 5.92 Å². The number of esters is 4. The summed E-state index contributed by atoms with van der Waals surface area (Å²) in [4.78, 5) is 52.9. The third kappa shape index (κ3) is 2.35. The Hall–Kier alpha value is -3.06. The van der Waals surface area contributed by atoms with Crippen molar-refractivity contribution in [3.05, 3.63) is 35.9 Å². The van der Waals surface area contributed by atoms with Crippen molar-refractivity contribution in [1.82, 2.24) is 0 Å². The van der Waals surface area contributed by atoms with Gasteiger partial charge in [-0.25, -0.2) is 9.59 Å². The fourth-order valence-corrected chi connectivity index (χ4v) is 9.31. The molecule has 1 aromatic carbocycles. The van der Waals surface area contributed by atoms with Crippen LogP contribution < -0.4 is 0 Å². The molecule has 2 spiro atoms. The lowest BCUT2D eigenvalue weighted by Crippen LogP contribution is -2.67. The third-order valence-corrected chi connectivity index (χ3v) is 10.4. The van der Waals surface area contributed by atoms with Crippen molar-refractivity contribution in [2.45, 2.75) is 82.1 Å². The maximum absolute atomic E-state index is 13.9. The lowest BCUT2D eigenvalue weighted by Gasteiger charge is -2.47. The average molecular weight is 559 g/mol. The molecule has 12 atom stereocenters. The first-order valence-electron chi connectivity index (χ1n) is 13.3. The quantitative estimate of drug-likeness (QED) is 0.318. The average Bonchev–Trinajstić information content (AvgIpc) is 3.58. The minimum atomic E-state index is -2.48. The van der Waals surface area contributed by atoms with Crippen molar-refractivity contribution in [3.63, 3.8) is 0 Å². The summed E-state index contributed by atoms with van der Waals surface area (Å²) in [7, 11) is 0. The summed E-state index contributed by atoms with van der Waals surface area (Å²) in [6.45, 7) is 6.70. The molecule has 0 aromatic heterocycles. The van der Waals surface area contributed by atoms with Crippen LogP contribution in [0.1, 0.15) is 33.3 Å². The number of carbonyl (C=O) groups is 4. The number of ether oxygens (including phenoxy) is 5. The van der Waals surface area contributed by atoms with E-state index in [4.69, 9.17) is 23.7 Å². The van der Waals surface area contributed by atoms with E-state index in [1.54, 1.807) is 51.1 Å². The largest absolute Gasteiger partial charge is 0.458 e. The molecule has 0 amide bonds. The Labute approximate surface area is 228 Å². The molecule has 7 rings (SSSR count). The molecule has 4 heterocycles. The predicted octanol–water partition coefficient (Wildman–Crippen LogP) is -0.605. The minimum Gasteiger partial charge on any atom is -0.458 e. The summed E-state index contributed by atoms with van der Waals surface area (Å²) in [5.74, 6) is -6.06. The van der Waals surface area contributed by atoms with Crippen LogP contribution >= 0.6 is 0 Å². The van der Waals surface area contributed by atoms with Crippen LogP contribution in [0.5, 0.6) is 0 Å². The lowest BCUT2D eigenvalue weighted by atomic mass is 9.51. The molecule has 6 fully saturated rings. The van der Waals surface area contributed by atoms with Crippen LogP contribution in [-0.2, 0) is 49.3 Å². The van der Waals surface area contributed by atoms with E-state index in [0.29, 0.717) is 5.56 Å². The molecule has 2 saturated carbocycles. The van der Waals surface area contributed by atoms with E-state index in [1.807, 2.05) is 0 Å². The van der Waals surface area contributed by atoms with Gasteiger partial charge in [0.1, 0.15) is 12.2 Å². The topological polar surface area (TPSA) is 175 Å². The molecule has 214 valence electrons. The fourth-order valence-electron chi connectivity index (χ4n) is 9.31. The summed E-state index contributed by atoms with van der Waals surface area (Å²) in [6.07, 6.45) is -9.99. The summed E-state index contributed by atoms with van der Waals surface area (Å²) in [5.41, 5.74) is -9.14. The van der Waals surface area contributed by atoms with Crippen LogP contribution in [0.15, 0.2) is 30.3 Å². The van der Waals surface area contributed by atoms with Crippen molar-refractivity contribution in [3.8, 4) is 0 Å². The maximum atomic E-state index is 13.9. The molecule has 4 aliphatic heterocycles. The zero-order valence-electron chi connectivity index (χ0n) is 22.2. The number of rotatable bonds is 3. The second-order valence-electron chi connectivity index (χ2n) is 12.9. The van der Waals surface area contributed by atoms with Crippen molar-refractivity contribution in [2.24, 2.45) is 28.1 Å². The Bertz CT molecular complexity index is 1350. The first kappa shape index (κ1) is 25.9. The minimum absolute atomic E-state index is 0.123. The fraction of sp³-hybridized carbons (Fsp3) is 0.643. The summed E-state index contributed by atoms with van der Waals surface area (Å²) in [6, 6.07) is 8.82. The highest BCUT2D eigenvalue weighted by atomic mass is 16.8. The second-order valence-corrected chi connectivity index (χ2v) is 12.9. The van der Waals surface area contributed by atoms with E-state index in [-0.39, 0.29) is 6.42 Å². The Balaban J connectivity index is 1.46. The van der Waals surface area contributed by atoms with Crippen LogP contribution in [0, 0.1) is 28.1 Å².